The van der Waals surface area contributed by atoms with Crippen molar-refractivity contribution in [2.75, 3.05) is 0 Å². The molecule has 0 aliphatic rings. The molecule has 0 bridgehead atoms. The fourth-order valence-electron chi connectivity index (χ4n) is 2.65. The number of aryl methyl sites for hydroxylation is 1. The first-order valence-corrected chi connectivity index (χ1v) is 9.05. The number of nitrogens with one attached hydrogen (secondary N) is 1. The van der Waals surface area contributed by atoms with Gasteiger partial charge >= 0.3 is 11.6 Å². The maximum atomic E-state index is 12.3. The van der Waals surface area contributed by atoms with Crippen molar-refractivity contribution in [3.8, 4) is 5.75 Å². The van der Waals surface area contributed by atoms with Crippen molar-refractivity contribution >= 4 is 22.8 Å². The van der Waals surface area contributed by atoms with E-state index in [-0.39, 0.29) is 22.9 Å². The minimum Gasteiger partial charge on any atom is -0.423 e. The largest absolute Gasteiger partial charge is 0.423 e. The molecule has 144 valence electrons. The fraction of sp³-hybridized carbons (Fsp3) is 0.227. The summed E-state index contributed by atoms with van der Waals surface area (Å²) in [5, 5.41) is 3.30. The lowest BCUT2D eigenvalue weighted by Crippen LogP contribution is -2.34. The molecule has 6 nitrogen and oxygen atoms in total. The number of carbonyl (C=O) groups is 2. The lowest BCUT2D eigenvalue weighted by Gasteiger charge is -2.11. The van der Waals surface area contributed by atoms with E-state index in [2.05, 4.69) is 5.32 Å². The van der Waals surface area contributed by atoms with Crippen LogP contribution >= 0.6 is 0 Å². The Bertz CT molecular complexity index is 1100. The van der Waals surface area contributed by atoms with Crippen molar-refractivity contribution in [2.45, 2.75) is 33.2 Å². The van der Waals surface area contributed by atoms with Gasteiger partial charge < -0.3 is 14.5 Å². The zero-order chi connectivity index (χ0) is 20.3. The van der Waals surface area contributed by atoms with E-state index in [1.807, 2.05) is 26.8 Å². The first-order valence-electron chi connectivity index (χ1n) is 9.05. The third-order valence-electron chi connectivity index (χ3n) is 4.41. The Morgan fingerprint density at radius 2 is 1.93 bits per heavy atom. The number of esters is 1. The van der Waals surface area contributed by atoms with Crippen LogP contribution in [0.15, 0.2) is 57.7 Å². The van der Waals surface area contributed by atoms with Gasteiger partial charge in [-0.25, -0.2) is 9.59 Å². The maximum absolute atomic E-state index is 12.3. The summed E-state index contributed by atoms with van der Waals surface area (Å²) in [6, 6.07) is 13.2. The zero-order valence-electron chi connectivity index (χ0n) is 15.9. The van der Waals surface area contributed by atoms with Crippen LogP contribution in [0, 0.1) is 6.92 Å². The normalized spacial score (nSPS) is 11.8. The van der Waals surface area contributed by atoms with Crippen LogP contribution in [0.3, 0.4) is 0 Å². The summed E-state index contributed by atoms with van der Waals surface area (Å²) in [7, 11) is 0. The number of amides is 1. The van der Waals surface area contributed by atoms with E-state index in [4.69, 9.17) is 9.15 Å². The third-order valence-corrected chi connectivity index (χ3v) is 4.41. The molecular weight excluding hydrogens is 358 g/mol. The Morgan fingerprint density at radius 1 is 1.14 bits per heavy atom. The number of fused-ring (bicyclic) bond motifs is 1. The van der Waals surface area contributed by atoms with E-state index >= 15 is 0 Å². The summed E-state index contributed by atoms with van der Waals surface area (Å²) in [5.74, 6) is -0.728. The molecule has 0 spiro atoms. The Hall–Kier alpha value is -3.41. The van der Waals surface area contributed by atoms with Gasteiger partial charge in [0.25, 0.3) is 5.91 Å². The maximum Gasteiger partial charge on any atom is 0.349 e. The van der Waals surface area contributed by atoms with Gasteiger partial charge in [-0.05, 0) is 50.6 Å². The Labute approximate surface area is 162 Å². The van der Waals surface area contributed by atoms with E-state index in [0.717, 1.165) is 12.0 Å². The predicted molar refractivity (Wildman–Crippen MR) is 106 cm³/mol. The third kappa shape index (κ3) is 4.28. The van der Waals surface area contributed by atoms with Gasteiger partial charge in [0, 0.05) is 17.5 Å². The van der Waals surface area contributed by atoms with Gasteiger partial charge in [-0.15, -0.1) is 0 Å². The zero-order valence-corrected chi connectivity index (χ0v) is 15.9. The van der Waals surface area contributed by atoms with E-state index in [0.29, 0.717) is 10.9 Å². The molecule has 0 aliphatic heterocycles. The molecule has 2 aromatic carbocycles. The molecule has 0 saturated heterocycles. The minimum absolute atomic E-state index is 0.0500. The molecule has 0 fully saturated rings. The molecule has 1 atom stereocenters. The molecule has 0 aliphatic carbocycles. The molecular formula is C22H21NO5. The quantitative estimate of drug-likeness (QED) is 0.413. The van der Waals surface area contributed by atoms with Crippen LogP contribution in [-0.4, -0.2) is 17.9 Å². The average molecular weight is 379 g/mol. The van der Waals surface area contributed by atoms with E-state index in [1.165, 1.54) is 12.1 Å². The van der Waals surface area contributed by atoms with Gasteiger partial charge in [0.15, 0.2) is 0 Å². The van der Waals surface area contributed by atoms with Gasteiger partial charge in [-0.1, -0.05) is 24.6 Å². The van der Waals surface area contributed by atoms with Gasteiger partial charge in [0.1, 0.15) is 16.9 Å². The average Bonchev–Trinajstić information content (AvgIpc) is 2.67. The highest BCUT2D eigenvalue weighted by atomic mass is 16.5. The number of carbonyl (C=O) groups excluding carboxylic acids is 2. The molecule has 1 N–H and O–H groups in total. The molecule has 1 amide bonds. The predicted octanol–water partition coefficient (Wildman–Crippen LogP) is 3.85. The molecule has 0 radical (unpaired) electrons. The number of hydrogen-bond donors (Lipinski definition) is 1. The highest BCUT2D eigenvalue weighted by Gasteiger charge is 2.16. The van der Waals surface area contributed by atoms with Crippen molar-refractivity contribution in [2.24, 2.45) is 0 Å². The monoisotopic (exact) mass is 379 g/mol. The lowest BCUT2D eigenvalue weighted by atomic mass is 10.1. The smallest absolute Gasteiger partial charge is 0.349 e. The van der Waals surface area contributed by atoms with Crippen molar-refractivity contribution in [3.63, 3.8) is 0 Å². The summed E-state index contributed by atoms with van der Waals surface area (Å²) in [6.07, 6.45) is 0.750. The number of ether oxygens (including phenoxy) is 1. The first-order chi connectivity index (χ1) is 13.4. The Kier molecular flexibility index (Phi) is 5.59. The summed E-state index contributed by atoms with van der Waals surface area (Å²) >= 11 is 0. The minimum atomic E-state index is -0.740. The SMILES string of the molecule is CCC(C)NC(=O)c1cc2ccc(OC(=O)c3cccc(C)c3)cc2oc1=O. The van der Waals surface area contributed by atoms with Crippen LogP contribution in [0.25, 0.3) is 11.0 Å². The van der Waals surface area contributed by atoms with Crippen LogP contribution in [0.4, 0.5) is 0 Å². The van der Waals surface area contributed by atoms with E-state index in [1.54, 1.807) is 30.3 Å². The standard InChI is InChI=1S/C22H21NO5/c1-4-14(3)23-20(24)18-11-15-8-9-17(12-19(15)28-22(18)26)27-21(25)16-7-5-6-13(2)10-16/h5-12,14H,4H2,1-3H3,(H,23,24). The summed E-state index contributed by atoms with van der Waals surface area (Å²) in [4.78, 5) is 36.7. The molecule has 28 heavy (non-hydrogen) atoms. The van der Waals surface area contributed by atoms with Crippen molar-refractivity contribution in [1.29, 1.82) is 0 Å². The molecule has 3 rings (SSSR count). The van der Waals surface area contributed by atoms with Crippen LogP contribution in [0.1, 0.15) is 46.5 Å². The molecule has 6 heteroatoms. The number of rotatable bonds is 5. The number of hydrogen-bond acceptors (Lipinski definition) is 5. The Morgan fingerprint density at radius 3 is 2.64 bits per heavy atom. The fourth-order valence-corrected chi connectivity index (χ4v) is 2.65. The summed E-state index contributed by atoms with van der Waals surface area (Å²) in [6.45, 7) is 5.68. The van der Waals surface area contributed by atoms with Gasteiger partial charge in [0.2, 0.25) is 0 Å². The van der Waals surface area contributed by atoms with Crippen LogP contribution in [0.2, 0.25) is 0 Å². The molecule has 1 unspecified atom stereocenters. The molecule has 1 heterocycles. The highest BCUT2D eigenvalue weighted by Crippen LogP contribution is 2.22. The van der Waals surface area contributed by atoms with Crippen LogP contribution < -0.4 is 15.7 Å². The summed E-state index contributed by atoms with van der Waals surface area (Å²) < 4.78 is 10.6. The van der Waals surface area contributed by atoms with Gasteiger partial charge in [-0.3, -0.25) is 4.79 Å². The van der Waals surface area contributed by atoms with Gasteiger partial charge in [0.05, 0.1) is 5.56 Å². The van der Waals surface area contributed by atoms with Crippen molar-refractivity contribution in [3.05, 3.63) is 75.6 Å². The molecule has 0 saturated carbocycles. The van der Waals surface area contributed by atoms with Crippen LogP contribution in [-0.2, 0) is 0 Å². The second kappa shape index (κ2) is 8.08. The topological polar surface area (TPSA) is 85.6 Å². The summed E-state index contributed by atoms with van der Waals surface area (Å²) in [5.41, 5.74) is 0.813. The molecule has 1 aromatic heterocycles. The van der Waals surface area contributed by atoms with E-state index < -0.39 is 17.5 Å². The number of benzene rings is 2. The van der Waals surface area contributed by atoms with E-state index in [9.17, 15) is 14.4 Å². The second-order valence-electron chi connectivity index (χ2n) is 6.69. The van der Waals surface area contributed by atoms with Crippen LogP contribution in [0.5, 0.6) is 5.75 Å². The molecule has 3 aromatic rings. The Balaban J connectivity index is 1.86. The highest BCUT2D eigenvalue weighted by molar-refractivity contribution is 5.97. The second-order valence-corrected chi connectivity index (χ2v) is 6.69. The van der Waals surface area contributed by atoms with Gasteiger partial charge in [-0.2, -0.15) is 0 Å². The van der Waals surface area contributed by atoms with Crippen molar-refractivity contribution < 1.29 is 18.7 Å². The lowest BCUT2D eigenvalue weighted by molar-refractivity contribution is 0.0734. The van der Waals surface area contributed by atoms with Crippen molar-refractivity contribution in [1.82, 2.24) is 5.32 Å². The first kappa shape index (κ1) is 19.4.